The number of rotatable bonds is 3. The molecule has 2 rings (SSSR count). The minimum atomic E-state index is -0.361. The summed E-state index contributed by atoms with van der Waals surface area (Å²) in [5, 5.41) is 0. The van der Waals surface area contributed by atoms with Gasteiger partial charge < -0.3 is 14.0 Å². The second-order valence-electron chi connectivity index (χ2n) is 5.86. The van der Waals surface area contributed by atoms with Crippen LogP contribution in [0.5, 0.6) is 5.75 Å². The molecule has 0 radical (unpaired) electrons. The molecule has 1 aliphatic rings. The van der Waals surface area contributed by atoms with Crippen molar-refractivity contribution in [3.8, 4) is 5.75 Å². The van der Waals surface area contributed by atoms with Crippen molar-refractivity contribution in [2.24, 2.45) is 0 Å². The Labute approximate surface area is 114 Å². The number of methoxy groups -OCH3 is 1. The standard InChI is InChI=1S/C14H20BFO3/c1-13(2)14(3,4)19-15(18-13)9-10-6-7-11(16)12(8-10)17-5/h6-8H,9H2,1-5H3. The molecule has 1 aromatic carbocycles. The molecule has 5 heteroatoms. The highest BCUT2D eigenvalue weighted by Gasteiger charge is 2.50. The van der Waals surface area contributed by atoms with E-state index in [9.17, 15) is 4.39 Å². The van der Waals surface area contributed by atoms with Gasteiger partial charge in [0.05, 0.1) is 18.3 Å². The van der Waals surface area contributed by atoms with Crippen LogP contribution in [0.2, 0.25) is 0 Å². The third-order valence-corrected chi connectivity index (χ3v) is 3.92. The van der Waals surface area contributed by atoms with Crippen molar-refractivity contribution in [3.63, 3.8) is 0 Å². The molecule has 0 bridgehead atoms. The molecule has 1 saturated heterocycles. The topological polar surface area (TPSA) is 27.7 Å². The van der Waals surface area contributed by atoms with Crippen LogP contribution in [-0.2, 0) is 15.6 Å². The summed E-state index contributed by atoms with van der Waals surface area (Å²) < 4.78 is 30.1. The molecule has 0 amide bonds. The maximum atomic E-state index is 13.3. The van der Waals surface area contributed by atoms with Crippen molar-refractivity contribution in [2.75, 3.05) is 7.11 Å². The van der Waals surface area contributed by atoms with Gasteiger partial charge in [-0.05, 0) is 45.4 Å². The quantitative estimate of drug-likeness (QED) is 0.787. The molecule has 19 heavy (non-hydrogen) atoms. The summed E-state index contributed by atoms with van der Waals surface area (Å²) >= 11 is 0. The van der Waals surface area contributed by atoms with Gasteiger partial charge in [0.25, 0.3) is 0 Å². The number of halogens is 1. The number of hydrogen-bond acceptors (Lipinski definition) is 3. The van der Waals surface area contributed by atoms with Crippen molar-refractivity contribution < 1.29 is 18.4 Å². The van der Waals surface area contributed by atoms with Crippen LogP contribution in [-0.4, -0.2) is 25.4 Å². The maximum absolute atomic E-state index is 13.3. The Morgan fingerprint density at radius 2 is 1.74 bits per heavy atom. The van der Waals surface area contributed by atoms with E-state index in [1.807, 2.05) is 27.7 Å². The zero-order chi connectivity index (χ0) is 14.3. The Morgan fingerprint density at radius 1 is 1.16 bits per heavy atom. The van der Waals surface area contributed by atoms with E-state index < -0.39 is 0 Å². The largest absolute Gasteiger partial charge is 0.494 e. The predicted molar refractivity (Wildman–Crippen MR) is 72.7 cm³/mol. The second kappa shape index (κ2) is 4.80. The summed E-state index contributed by atoms with van der Waals surface area (Å²) in [4.78, 5) is 0. The lowest BCUT2D eigenvalue weighted by Gasteiger charge is -2.32. The van der Waals surface area contributed by atoms with Gasteiger partial charge >= 0.3 is 7.12 Å². The Kier molecular flexibility index (Phi) is 3.62. The van der Waals surface area contributed by atoms with Crippen LogP contribution < -0.4 is 4.74 Å². The average molecular weight is 266 g/mol. The highest BCUT2D eigenvalue weighted by atomic mass is 19.1. The Hall–Kier alpha value is -1.07. The van der Waals surface area contributed by atoms with Crippen molar-refractivity contribution in [2.45, 2.75) is 45.2 Å². The normalized spacial score (nSPS) is 20.6. The molecule has 0 saturated carbocycles. The molecular formula is C14H20BFO3. The molecule has 104 valence electrons. The first kappa shape index (κ1) is 14.3. The molecule has 1 heterocycles. The Morgan fingerprint density at radius 3 is 2.26 bits per heavy atom. The van der Waals surface area contributed by atoms with Gasteiger partial charge in [-0.3, -0.25) is 0 Å². The van der Waals surface area contributed by atoms with E-state index in [0.717, 1.165) is 5.56 Å². The second-order valence-corrected chi connectivity index (χ2v) is 5.86. The van der Waals surface area contributed by atoms with Crippen molar-refractivity contribution in [3.05, 3.63) is 29.6 Å². The van der Waals surface area contributed by atoms with Gasteiger partial charge in [0.15, 0.2) is 11.6 Å². The lowest BCUT2D eigenvalue weighted by atomic mass is 9.81. The number of benzene rings is 1. The van der Waals surface area contributed by atoms with E-state index in [2.05, 4.69) is 0 Å². The highest BCUT2D eigenvalue weighted by molar-refractivity contribution is 6.45. The molecule has 1 aliphatic heterocycles. The minimum Gasteiger partial charge on any atom is -0.494 e. The average Bonchev–Trinajstić information content (AvgIpc) is 2.50. The third kappa shape index (κ3) is 2.77. The van der Waals surface area contributed by atoms with E-state index in [1.54, 1.807) is 12.1 Å². The highest BCUT2D eigenvalue weighted by Crippen LogP contribution is 2.37. The molecule has 0 aliphatic carbocycles. The molecule has 0 N–H and O–H groups in total. The fourth-order valence-corrected chi connectivity index (χ4v) is 2.07. The summed E-state index contributed by atoms with van der Waals surface area (Å²) in [7, 11) is 1.14. The number of hydrogen-bond donors (Lipinski definition) is 0. The molecular weight excluding hydrogens is 246 g/mol. The van der Waals surface area contributed by atoms with Gasteiger partial charge in [-0.25, -0.2) is 4.39 Å². The first-order valence-electron chi connectivity index (χ1n) is 6.43. The van der Waals surface area contributed by atoms with Crippen LogP contribution in [0.3, 0.4) is 0 Å². The van der Waals surface area contributed by atoms with Gasteiger partial charge in [0.2, 0.25) is 0 Å². The van der Waals surface area contributed by atoms with Crippen LogP contribution in [0.1, 0.15) is 33.3 Å². The van der Waals surface area contributed by atoms with Gasteiger partial charge in [-0.15, -0.1) is 0 Å². The van der Waals surface area contributed by atoms with E-state index in [-0.39, 0.29) is 29.9 Å². The Bertz CT molecular complexity index is 458. The summed E-state index contributed by atoms with van der Waals surface area (Å²) in [5.41, 5.74) is 0.237. The van der Waals surface area contributed by atoms with Crippen molar-refractivity contribution in [1.82, 2.24) is 0 Å². The Balaban J connectivity index is 2.11. The van der Waals surface area contributed by atoms with Crippen molar-refractivity contribution >= 4 is 7.12 Å². The summed E-state index contributed by atoms with van der Waals surface area (Å²) in [5.74, 6) is -0.116. The molecule has 1 fully saturated rings. The van der Waals surface area contributed by atoms with E-state index >= 15 is 0 Å². The smallest absolute Gasteiger partial charge is 0.462 e. The molecule has 0 spiro atoms. The SMILES string of the molecule is COc1cc(CB2OC(C)(C)C(C)(C)O2)ccc1F. The van der Waals surface area contributed by atoms with Gasteiger partial charge in [-0.2, -0.15) is 0 Å². The fourth-order valence-electron chi connectivity index (χ4n) is 2.07. The third-order valence-electron chi connectivity index (χ3n) is 3.92. The first-order chi connectivity index (χ1) is 8.75. The fraction of sp³-hybridized carbons (Fsp3) is 0.571. The van der Waals surface area contributed by atoms with Crippen LogP contribution >= 0.6 is 0 Å². The van der Waals surface area contributed by atoms with E-state index in [4.69, 9.17) is 14.0 Å². The monoisotopic (exact) mass is 266 g/mol. The van der Waals surface area contributed by atoms with Gasteiger partial charge in [0, 0.05) is 6.32 Å². The minimum absolute atomic E-state index is 0.244. The lowest BCUT2D eigenvalue weighted by molar-refractivity contribution is 0.00578. The van der Waals surface area contributed by atoms with Crippen LogP contribution in [0, 0.1) is 5.82 Å². The number of ether oxygens (including phenoxy) is 1. The lowest BCUT2D eigenvalue weighted by Crippen LogP contribution is -2.41. The molecule has 0 aromatic heterocycles. The first-order valence-corrected chi connectivity index (χ1v) is 6.43. The summed E-state index contributed by atoms with van der Waals surface area (Å²) in [6.07, 6.45) is 0.573. The zero-order valence-corrected chi connectivity index (χ0v) is 12.1. The molecule has 3 nitrogen and oxygen atoms in total. The summed E-state index contributed by atoms with van der Waals surface area (Å²) in [6, 6.07) is 4.81. The van der Waals surface area contributed by atoms with Gasteiger partial charge in [-0.1, -0.05) is 6.07 Å². The van der Waals surface area contributed by atoms with E-state index in [1.165, 1.54) is 13.2 Å². The van der Waals surface area contributed by atoms with E-state index in [0.29, 0.717) is 6.32 Å². The summed E-state index contributed by atoms with van der Waals surface area (Å²) in [6.45, 7) is 8.05. The molecule has 0 unspecified atom stereocenters. The van der Waals surface area contributed by atoms with Crippen LogP contribution in [0.25, 0.3) is 0 Å². The molecule has 1 aromatic rings. The van der Waals surface area contributed by atoms with Crippen LogP contribution in [0.4, 0.5) is 4.39 Å². The van der Waals surface area contributed by atoms with Crippen molar-refractivity contribution in [1.29, 1.82) is 0 Å². The molecule has 0 atom stereocenters. The predicted octanol–water partition coefficient (Wildman–Crippen LogP) is 3.01. The van der Waals surface area contributed by atoms with Gasteiger partial charge in [0.1, 0.15) is 0 Å². The zero-order valence-electron chi connectivity index (χ0n) is 12.1. The maximum Gasteiger partial charge on any atom is 0.462 e. The van der Waals surface area contributed by atoms with Crippen LogP contribution in [0.15, 0.2) is 18.2 Å².